The minimum Gasteiger partial charge on any atom is -0.316 e. The van der Waals surface area contributed by atoms with Gasteiger partial charge in [0.05, 0.1) is 0 Å². The second kappa shape index (κ2) is 6.87. The van der Waals surface area contributed by atoms with Crippen LogP contribution in [-0.2, 0) is 6.42 Å². The van der Waals surface area contributed by atoms with Gasteiger partial charge in [-0.15, -0.1) is 0 Å². The summed E-state index contributed by atoms with van der Waals surface area (Å²) in [7, 11) is 0. The van der Waals surface area contributed by atoms with Gasteiger partial charge in [0.25, 0.3) is 0 Å². The van der Waals surface area contributed by atoms with E-state index in [1.807, 2.05) is 0 Å². The van der Waals surface area contributed by atoms with E-state index >= 15 is 0 Å². The molecule has 3 heteroatoms. The first-order chi connectivity index (χ1) is 7.63. The summed E-state index contributed by atoms with van der Waals surface area (Å²) >= 11 is 5.97. The Hall–Kier alpha value is -0.600. The lowest BCUT2D eigenvalue weighted by Gasteiger charge is -2.13. The quantitative estimate of drug-likeness (QED) is 0.752. The fourth-order valence-electron chi connectivity index (χ4n) is 1.66. The lowest BCUT2D eigenvalue weighted by molar-refractivity contribution is 0.510. The molecule has 1 atom stereocenters. The van der Waals surface area contributed by atoms with Gasteiger partial charge in [-0.3, -0.25) is 0 Å². The molecule has 1 unspecified atom stereocenters. The van der Waals surface area contributed by atoms with Crippen LogP contribution in [0.25, 0.3) is 0 Å². The van der Waals surface area contributed by atoms with Crippen LogP contribution in [0.15, 0.2) is 18.2 Å². The van der Waals surface area contributed by atoms with Crippen molar-refractivity contribution in [3.8, 4) is 0 Å². The molecular formula is C13H19ClFN. The summed E-state index contributed by atoms with van der Waals surface area (Å²) in [5.41, 5.74) is 1.02. The van der Waals surface area contributed by atoms with E-state index < -0.39 is 0 Å². The normalized spacial score (nSPS) is 12.8. The molecule has 1 N–H and O–H groups in total. The van der Waals surface area contributed by atoms with Crippen molar-refractivity contribution >= 4 is 11.6 Å². The molecule has 1 nitrogen and oxygen atoms in total. The van der Waals surface area contributed by atoms with Gasteiger partial charge in [0.1, 0.15) is 5.82 Å². The molecule has 1 aromatic carbocycles. The summed E-state index contributed by atoms with van der Waals surface area (Å²) < 4.78 is 12.8. The highest BCUT2D eigenvalue weighted by Crippen LogP contribution is 2.20. The van der Waals surface area contributed by atoms with Crippen LogP contribution in [0.2, 0.25) is 5.02 Å². The van der Waals surface area contributed by atoms with Crippen molar-refractivity contribution in [1.82, 2.24) is 5.32 Å². The molecule has 0 saturated heterocycles. The molecule has 0 aromatic heterocycles. The lowest BCUT2D eigenvalue weighted by Crippen LogP contribution is -2.23. The molecule has 0 spiro atoms. The van der Waals surface area contributed by atoms with Crippen LogP contribution in [0.5, 0.6) is 0 Å². The van der Waals surface area contributed by atoms with E-state index in [1.54, 1.807) is 6.07 Å². The highest BCUT2D eigenvalue weighted by Gasteiger charge is 2.07. The average Bonchev–Trinajstić information content (AvgIpc) is 2.23. The first kappa shape index (κ1) is 13.5. The smallest absolute Gasteiger partial charge is 0.124 e. The van der Waals surface area contributed by atoms with Crippen LogP contribution in [0.1, 0.15) is 25.8 Å². The molecule has 0 aliphatic carbocycles. The second-order valence-electron chi connectivity index (χ2n) is 4.25. The number of rotatable bonds is 6. The molecule has 1 aromatic rings. The Labute approximate surface area is 102 Å². The molecule has 0 amide bonds. The SMILES string of the molecule is CCCNCC(C)Cc1ccc(F)cc1Cl. The maximum Gasteiger partial charge on any atom is 0.124 e. The third kappa shape index (κ3) is 4.50. The van der Waals surface area contributed by atoms with Gasteiger partial charge < -0.3 is 5.32 Å². The Morgan fingerprint density at radius 1 is 1.44 bits per heavy atom. The molecule has 0 radical (unpaired) electrons. The summed E-state index contributed by atoms with van der Waals surface area (Å²) in [5.74, 6) is 0.236. The topological polar surface area (TPSA) is 12.0 Å². The molecule has 0 bridgehead atoms. The van der Waals surface area contributed by atoms with E-state index in [9.17, 15) is 4.39 Å². The number of halogens is 2. The van der Waals surface area contributed by atoms with Crippen LogP contribution < -0.4 is 5.32 Å². The lowest BCUT2D eigenvalue weighted by atomic mass is 10.0. The van der Waals surface area contributed by atoms with Gasteiger partial charge >= 0.3 is 0 Å². The van der Waals surface area contributed by atoms with Crippen LogP contribution >= 0.6 is 11.6 Å². The van der Waals surface area contributed by atoms with Gasteiger partial charge in [-0.1, -0.05) is 31.5 Å². The molecule has 0 aliphatic rings. The van der Waals surface area contributed by atoms with E-state index in [0.29, 0.717) is 10.9 Å². The zero-order valence-electron chi connectivity index (χ0n) is 9.89. The monoisotopic (exact) mass is 243 g/mol. The minimum absolute atomic E-state index is 0.273. The Bertz CT molecular complexity index is 328. The number of nitrogens with one attached hydrogen (secondary N) is 1. The van der Waals surface area contributed by atoms with Crippen LogP contribution in [0.4, 0.5) is 4.39 Å². The first-order valence-corrected chi connectivity index (χ1v) is 6.16. The Balaban J connectivity index is 2.46. The molecule has 0 fully saturated rings. The molecule has 0 saturated carbocycles. The van der Waals surface area contributed by atoms with Gasteiger partial charge in [-0.05, 0) is 49.5 Å². The van der Waals surface area contributed by atoms with Gasteiger partial charge in [0.2, 0.25) is 0 Å². The summed E-state index contributed by atoms with van der Waals surface area (Å²) in [6, 6.07) is 4.62. The molecule has 16 heavy (non-hydrogen) atoms. The van der Waals surface area contributed by atoms with Gasteiger partial charge in [0.15, 0.2) is 0 Å². The molecular weight excluding hydrogens is 225 g/mol. The van der Waals surface area contributed by atoms with Crippen LogP contribution in [0.3, 0.4) is 0 Å². The van der Waals surface area contributed by atoms with E-state index in [0.717, 1.165) is 31.5 Å². The largest absolute Gasteiger partial charge is 0.316 e. The van der Waals surface area contributed by atoms with Crippen molar-refractivity contribution in [1.29, 1.82) is 0 Å². The van der Waals surface area contributed by atoms with E-state index in [-0.39, 0.29) is 5.82 Å². The van der Waals surface area contributed by atoms with Crippen molar-refractivity contribution in [2.45, 2.75) is 26.7 Å². The predicted octanol–water partition coefficient (Wildman–Crippen LogP) is 3.66. The molecule has 0 aliphatic heterocycles. The molecule has 1 rings (SSSR count). The fraction of sp³-hybridized carbons (Fsp3) is 0.538. The summed E-state index contributed by atoms with van der Waals surface area (Å²) in [6.07, 6.45) is 2.03. The third-order valence-corrected chi connectivity index (χ3v) is 2.85. The van der Waals surface area contributed by atoms with Gasteiger partial charge in [0, 0.05) is 5.02 Å². The fourth-order valence-corrected chi connectivity index (χ4v) is 1.90. The number of hydrogen-bond acceptors (Lipinski definition) is 1. The predicted molar refractivity (Wildman–Crippen MR) is 67.4 cm³/mol. The molecule has 0 heterocycles. The number of benzene rings is 1. The summed E-state index contributed by atoms with van der Waals surface area (Å²) in [5, 5.41) is 3.90. The van der Waals surface area contributed by atoms with E-state index in [2.05, 4.69) is 19.2 Å². The maximum atomic E-state index is 12.8. The van der Waals surface area contributed by atoms with Gasteiger partial charge in [-0.2, -0.15) is 0 Å². The minimum atomic E-state index is -0.273. The average molecular weight is 244 g/mol. The van der Waals surface area contributed by atoms with E-state index in [1.165, 1.54) is 12.1 Å². The Morgan fingerprint density at radius 2 is 2.19 bits per heavy atom. The second-order valence-corrected chi connectivity index (χ2v) is 4.66. The molecule has 90 valence electrons. The zero-order chi connectivity index (χ0) is 12.0. The highest BCUT2D eigenvalue weighted by molar-refractivity contribution is 6.31. The Morgan fingerprint density at radius 3 is 2.81 bits per heavy atom. The van der Waals surface area contributed by atoms with Crippen molar-refractivity contribution in [2.24, 2.45) is 5.92 Å². The van der Waals surface area contributed by atoms with Gasteiger partial charge in [-0.25, -0.2) is 4.39 Å². The highest BCUT2D eigenvalue weighted by atomic mass is 35.5. The number of hydrogen-bond donors (Lipinski definition) is 1. The van der Waals surface area contributed by atoms with Crippen LogP contribution in [-0.4, -0.2) is 13.1 Å². The van der Waals surface area contributed by atoms with Crippen LogP contribution in [0, 0.1) is 11.7 Å². The zero-order valence-corrected chi connectivity index (χ0v) is 10.6. The van der Waals surface area contributed by atoms with Crippen molar-refractivity contribution < 1.29 is 4.39 Å². The van der Waals surface area contributed by atoms with E-state index in [4.69, 9.17) is 11.6 Å². The first-order valence-electron chi connectivity index (χ1n) is 5.78. The summed E-state index contributed by atoms with van der Waals surface area (Å²) in [6.45, 7) is 6.33. The van der Waals surface area contributed by atoms with Crippen molar-refractivity contribution in [3.05, 3.63) is 34.6 Å². The Kier molecular flexibility index (Phi) is 5.78. The maximum absolute atomic E-state index is 12.8. The third-order valence-electron chi connectivity index (χ3n) is 2.50. The van der Waals surface area contributed by atoms with Crippen molar-refractivity contribution in [2.75, 3.05) is 13.1 Å². The van der Waals surface area contributed by atoms with Crippen molar-refractivity contribution in [3.63, 3.8) is 0 Å². The summed E-state index contributed by atoms with van der Waals surface area (Å²) in [4.78, 5) is 0. The standard InChI is InChI=1S/C13H19ClFN/c1-3-6-16-9-10(2)7-11-4-5-12(15)8-13(11)14/h4-5,8,10,16H,3,6-7,9H2,1-2H3.